The second-order valence-electron chi connectivity index (χ2n) is 16.5. The molecule has 42 heavy (non-hydrogen) atoms. The van der Waals surface area contributed by atoms with Crippen LogP contribution < -0.4 is 0 Å². The van der Waals surface area contributed by atoms with Gasteiger partial charge in [0.05, 0.1) is 36.4 Å². The number of rotatable bonds is 4. The Bertz CT molecular complexity index is 1160. The molecule has 12 atom stereocenters. The normalized spacial score (nSPS) is 51.8. The van der Waals surface area contributed by atoms with Crippen LogP contribution in [0, 0.1) is 50.2 Å². The quantitative estimate of drug-likeness (QED) is 0.185. The Hall–Kier alpha value is -1.25. The van der Waals surface area contributed by atoms with E-state index in [1.54, 1.807) is 19.9 Å². The van der Waals surface area contributed by atoms with Crippen LogP contribution in [-0.4, -0.2) is 69.1 Å². The van der Waals surface area contributed by atoms with Gasteiger partial charge in [0.15, 0.2) is 0 Å². The lowest BCUT2D eigenvalue weighted by atomic mass is 9.33. The van der Waals surface area contributed by atoms with Crippen molar-refractivity contribution in [2.24, 2.45) is 50.2 Å². The summed E-state index contributed by atoms with van der Waals surface area (Å²) in [5.74, 6) is -0.238. The lowest BCUT2D eigenvalue weighted by Crippen LogP contribution is -2.72. The van der Waals surface area contributed by atoms with Crippen LogP contribution in [0.1, 0.15) is 100 Å². The number of allylic oxidation sites excluding steroid dienone is 3. The van der Waals surface area contributed by atoms with Gasteiger partial charge >= 0.3 is 5.97 Å². The fraction of sp³-hybridized carbons (Fsp3) is 0.857. The summed E-state index contributed by atoms with van der Waals surface area (Å²) in [5.41, 5.74) is -1.25. The van der Waals surface area contributed by atoms with Crippen molar-refractivity contribution in [3.8, 4) is 0 Å². The van der Waals surface area contributed by atoms with Crippen LogP contribution in [0.3, 0.4) is 0 Å². The second-order valence-corrected chi connectivity index (χ2v) is 16.5. The molecule has 5 N–H and O–H groups in total. The number of aliphatic hydroxyl groups excluding tert-OH is 5. The molecule has 0 unspecified atom stereocenters. The van der Waals surface area contributed by atoms with Gasteiger partial charge in [0, 0.05) is 11.0 Å². The lowest BCUT2D eigenvalue weighted by molar-refractivity contribution is -0.260. The molecular formula is C35H56O7. The largest absolute Gasteiger partial charge is 0.462 e. The third kappa shape index (κ3) is 3.98. The van der Waals surface area contributed by atoms with Crippen LogP contribution in [0.5, 0.6) is 0 Å². The molecule has 5 aliphatic carbocycles. The Morgan fingerprint density at radius 2 is 1.62 bits per heavy atom. The standard InChI is InChI=1S/C35H56O7/c1-9-20(2)29(41)42-19-35-22(16-30(3,4)27(39)28(35)40)21-10-11-24-31(5)14-13-25(37)32(6,18-36)23(31)12-15-33(24,7)34(21,8)17-26(35)38/h9-10,22-28,36-40H,11-19H2,1-8H3/b20-9-/t22-,23+,24+,25-,26+,27-,28-,31-,32+,33+,34+,35-/m0/s1. The van der Waals surface area contributed by atoms with E-state index in [-0.39, 0.29) is 41.3 Å². The molecule has 0 aromatic rings. The van der Waals surface area contributed by atoms with Crippen molar-refractivity contribution >= 4 is 5.97 Å². The highest BCUT2D eigenvalue weighted by Crippen LogP contribution is 2.75. The SMILES string of the molecule is C/C=C(/C)C(=O)OC[C@@]12[C@H](O)C[C@]3(C)C(=CC[C@@H]4[C@@]5(C)CC[C@H](O)[C@](C)(CO)[C@@H]5CC[C@]43C)[C@@H]1CC(C)(C)[C@@H](O)[C@@H]2O. The van der Waals surface area contributed by atoms with Crippen LogP contribution >= 0.6 is 0 Å². The number of carbonyl (C=O) groups is 1. The van der Waals surface area contributed by atoms with Crippen LogP contribution in [0.25, 0.3) is 0 Å². The van der Waals surface area contributed by atoms with Gasteiger partial charge in [0.1, 0.15) is 6.61 Å². The van der Waals surface area contributed by atoms with Gasteiger partial charge in [-0.05, 0) is 98.2 Å². The zero-order chi connectivity index (χ0) is 31.3. The van der Waals surface area contributed by atoms with Gasteiger partial charge in [-0.2, -0.15) is 0 Å². The number of fused-ring (bicyclic) bond motifs is 7. The molecule has 7 heteroatoms. The average Bonchev–Trinajstić information content (AvgIpc) is 2.93. The molecule has 5 rings (SSSR count). The van der Waals surface area contributed by atoms with Crippen LogP contribution in [0.4, 0.5) is 0 Å². The number of hydrogen-bond donors (Lipinski definition) is 5. The first-order chi connectivity index (χ1) is 19.4. The van der Waals surface area contributed by atoms with Crippen LogP contribution in [0.2, 0.25) is 0 Å². The van der Waals surface area contributed by atoms with Gasteiger partial charge in [-0.1, -0.05) is 59.3 Å². The molecule has 0 bridgehead atoms. The number of hydrogen-bond acceptors (Lipinski definition) is 7. The lowest BCUT2D eigenvalue weighted by Gasteiger charge is -2.72. The minimum Gasteiger partial charge on any atom is -0.462 e. The molecule has 0 spiro atoms. The summed E-state index contributed by atoms with van der Waals surface area (Å²) in [6.07, 6.45) is 5.47. The van der Waals surface area contributed by atoms with E-state index < -0.39 is 46.6 Å². The summed E-state index contributed by atoms with van der Waals surface area (Å²) in [6.45, 7) is 16.3. The Balaban J connectivity index is 1.61. The van der Waals surface area contributed by atoms with Crippen molar-refractivity contribution in [3.63, 3.8) is 0 Å². The molecule has 0 heterocycles. The van der Waals surface area contributed by atoms with Crippen molar-refractivity contribution in [2.45, 2.75) is 125 Å². The molecule has 238 valence electrons. The molecule has 4 fully saturated rings. The van der Waals surface area contributed by atoms with E-state index in [0.717, 1.165) is 25.7 Å². The minimum atomic E-state index is -1.26. The van der Waals surface area contributed by atoms with Crippen molar-refractivity contribution < 1.29 is 35.1 Å². The summed E-state index contributed by atoms with van der Waals surface area (Å²) < 4.78 is 5.82. The molecule has 7 nitrogen and oxygen atoms in total. The molecule has 0 radical (unpaired) electrons. The maximum Gasteiger partial charge on any atom is 0.333 e. The summed E-state index contributed by atoms with van der Waals surface area (Å²) in [6, 6.07) is 0. The smallest absolute Gasteiger partial charge is 0.333 e. The maximum absolute atomic E-state index is 12.8. The minimum absolute atomic E-state index is 0.0275. The van der Waals surface area contributed by atoms with Gasteiger partial charge in [-0.15, -0.1) is 0 Å². The second kappa shape index (κ2) is 10.1. The Morgan fingerprint density at radius 3 is 2.24 bits per heavy atom. The van der Waals surface area contributed by atoms with E-state index in [2.05, 4.69) is 33.8 Å². The third-order valence-electron chi connectivity index (χ3n) is 14.5. The van der Waals surface area contributed by atoms with Gasteiger partial charge in [0.2, 0.25) is 0 Å². The van der Waals surface area contributed by atoms with Gasteiger partial charge in [0.25, 0.3) is 0 Å². The third-order valence-corrected chi connectivity index (χ3v) is 14.5. The van der Waals surface area contributed by atoms with Gasteiger partial charge in [-0.3, -0.25) is 0 Å². The highest BCUT2D eigenvalue weighted by molar-refractivity contribution is 5.87. The molecule has 0 aromatic carbocycles. The molecular weight excluding hydrogens is 532 g/mol. The molecule has 4 saturated carbocycles. The van der Waals surface area contributed by atoms with E-state index in [4.69, 9.17) is 4.74 Å². The maximum atomic E-state index is 12.8. The first kappa shape index (κ1) is 32.2. The first-order valence-corrected chi connectivity index (χ1v) is 16.2. The predicted molar refractivity (Wildman–Crippen MR) is 161 cm³/mol. The highest BCUT2D eigenvalue weighted by atomic mass is 16.5. The Labute approximate surface area is 252 Å². The predicted octanol–water partition coefficient (Wildman–Crippen LogP) is 4.54. The Kier molecular flexibility index (Phi) is 7.76. The van der Waals surface area contributed by atoms with Crippen molar-refractivity contribution in [2.75, 3.05) is 13.2 Å². The van der Waals surface area contributed by atoms with Crippen LogP contribution in [-0.2, 0) is 9.53 Å². The topological polar surface area (TPSA) is 127 Å². The summed E-state index contributed by atoms with van der Waals surface area (Å²) in [7, 11) is 0. The zero-order valence-electron chi connectivity index (χ0n) is 27.1. The summed E-state index contributed by atoms with van der Waals surface area (Å²) >= 11 is 0. The first-order valence-electron chi connectivity index (χ1n) is 16.2. The zero-order valence-corrected chi connectivity index (χ0v) is 27.1. The average molecular weight is 589 g/mol. The number of carbonyl (C=O) groups excluding carboxylic acids is 1. The number of ether oxygens (including phenoxy) is 1. The van der Waals surface area contributed by atoms with Gasteiger partial charge in [-0.25, -0.2) is 4.79 Å². The molecule has 0 amide bonds. The molecule has 0 aliphatic heterocycles. The van der Waals surface area contributed by atoms with Crippen molar-refractivity contribution in [3.05, 3.63) is 23.3 Å². The van der Waals surface area contributed by atoms with Gasteiger partial charge < -0.3 is 30.3 Å². The monoisotopic (exact) mass is 588 g/mol. The van der Waals surface area contributed by atoms with E-state index in [9.17, 15) is 30.3 Å². The van der Waals surface area contributed by atoms with Crippen LogP contribution in [0.15, 0.2) is 23.3 Å². The van der Waals surface area contributed by atoms with E-state index in [1.165, 1.54) is 5.57 Å². The fourth-order valence-electron chi connectivity index (χ4n) is 11.3. The molecule has 0 aromatic heterocycles. The summed E-state index contributed by atoms with van der Waals surface area (Å²) in [4.78, 5) is 12.8. The van der Waals surface area contributed by atoms with E-state index >= 15 is 0 Å². The summed E-state index contributed by atoms with van der Waals surface area (Å²) in [5, 5.41) is 56.9. The number of aliphatic hydroxyl groups is 5. The van der Waals surface area contributed by atoms with E-state index in [1.807, 2.05) is 13.8 Å². The van der Waals surface area contributed by atoms with Crippen molar-refractivity contribution in [1.82, 2.24) is 0 Å². The van der Waals surface area contributed by atoms with E-state index in [0.29, 0.717) is 30.8 Å². The highest BCUT2D eigenvalue weighted by Gasteiger charge is 2.72. The fourth-order valence-corrected chi connectivity index (χ4v) is 11.3. The Morgan fingerprint density at radius 1 is 0.952 bits per heavy atom. The molecule has 5 aliphatic rings. The number of esters is 1. The molecule has 0 saturated heterocycles. The van der Waals surface area contributed by atoms with Crippen molar-refractivity contribution in [1.29, 1.82) is 0 Å².